The Morgan fingerprint density at radius 1 is 1.11 bits per heavy atom. The number of aromatic nitrogens is 2. The highest BCUT2D eigenvalue weighted by atomic mass is 16.5. The van der Waals surface area contributed by atoms with E-state index in [4.69, 9.17) is 4.74 Å². The summed E-state index contributed by atoms with van der Waals surface area (Å²) in [6, 6.07) is 17.7. The molecule has 0 fully saturated rings. The molecule has 0 unspecified atom stereocenters. The van der Waals surface area contributed by atoms with Crippen molar-refractivity contribution in [2.45, 2.75) is 32.7 Å². The first-order valence-corrected chi connectivity index (χ1v) is 9.32. The van der Waals surface area contributed by atoms with Crippen LogP contribution in [-0.4, -0.2) is 15.7 Å². The van der Waals surface area contributed by atoms with Gasteiger partial charge in [-0.3, -0.25) is 9.48 Å². The highest BCUT2D eigenvalue weighted by Crippen LogP contribution is 2.16. The van der Waals surface area contributed by atoms with E-state index in [9.17, 15) is 4.79 Å². The van der Waals surface area contributed by atoms with E-state index in [-0.39, 0.29) is 5.91 Å². The molecular formula is C23H25N3O2. The third-order valence-corrected chi connectivity index (χ3v) is 4.41. The van der Waals surface area contributed by atoms with Gasteiger partial charge < -0.3 is 10.1 Å². The Bertz CT molecular complexity index is 925. The second kappa shape index (κ2) is 9.04. The van der Waals surface area contributed by atoms with Gasteiger partial charge in [-0.15, -0.1) is 0 Å². The number of hydrogen-bond acceptors (Lipinski definition) is 3. The molecule has 0 bridgehead atoms. The Labute approximate surface area is 165 Å². The molecule has 0 saturated carbocycles. The molecule has 5 heteroatoms. The lowest BCUT2D eigenvalue weighted by molar-refractivity contribution is -0.115. The fraction of sp³-hybridized carbons (Fsp3) is 0.217. The molecule has 144 valence electrons. The molecule has 0 aliphatic carbocycles. The molecule has 0 aliphatic rings. The third kappa shape index (κ3) is 5.33. The summed E-state index contributed by atoms with van der Waals surface area (Å²) in [5, 5.41) is 7.28. The van der Waals surface area contributed by atoms with Crippen LogP contribution in [0.4, 0.5) is 5.82 Å². The Morgan fingerprint density at radius 3 is 2.43 bits per heavy atom. The smallest absolute Gasteiger partial charge is 0.229 e. The molecule has 1 amide bonds. The molecule has 0 saturated heterocycles. The number of amides is 1. The number of rotatable bonds is 8. The molecule has 1 aromatic heterocycles. The van der Waals surface area contributed by atoms with Crippen molar-refractivity contribution < 1.29 is 9.53 Å². The topological polar surface area (TPSA) is 56.1 Å². The van der Waals surface area contributed by atoms with Gasteiger partial charge in [-0.05, 0) is 34.7 Å². The number of carbonyl (C=O) groups is 1. The number of nitrogens with zero attached hydrogens (tertiary/aromatic N) is 2. The summed E-state index contributed by atoms with van der Waals surface area (Å²) in [5.41, 5.74) is 3.35. The largest absolute Gasteiger partial charge is 0.466 e. The molecule has 0 radical (unpaired) electrons. The number of anilines is 1. The Hall–Kier alpha value is -3.34. The van der Waals surface area contributed by atoms with Crippen molar-refractivity contribution in [3.05, 3.63) is 90.3 Å². The highest BCUT2D eigenvalue weighted by Gasteiger charge is 2.08. The minimum Gasteiger partial charge on any atom is -0.466 e. The van der Waals surface area contributed by atoms with Gasteiger partial charge in [0.1, 0.15) is 5.75 Å². The Morgan fingerprint density at radius 2 is 1.79 bits per heavy atom. The Balaban J connectivity index is 1.54. The van der Waals surface area contributed by atoms with E-state index in [1.165, 1.54) is 11.8 Å². The average molecular weight is 375 g/mol. The highest BCUT2D eigenvalue weighted by molar-refractivity contribution is 5.91. The number of nitrogens with one attached hydrogen (secondary N) is 1. The van der Waals surface area contributed by atoms with Crippen LogP contribution < -0.4 is 10.1 Å². The van der Waals surface area contributed by atoms with Crippen molar-refractivity contribution >= 4 is 11.7 Å². The summed E-state index contributed by atoms with van der Waals surface area (Å²) in [6.45, 7) is 8.46. The van der Waals surface area contributed by atoms with Gasteiger partial charge in [0.15, 0.2) is 5.82 Å². The minimum absolute atomic E-state index is 0.0755. The van der Waals surface area contributed by atoms with E-state index in [1.807, 2.05) is 42.6 Å². The normalized spacial score (nSPS) is 10.7. The van der Waals surface area contributed by atoms with E-state index < -0.39 is 0 Å². The standard InChI is InChI=1S/C23H25N3O2/c1-4-28-21-11-7-19(8-12-21)16-26-14-13-22(25-26)24-23(27)15-18-5-9-20(10-6-18)17(2)3/h4-14,17H,1,15-16H2,2-3H3,(H,24,25,27). The van der Waals surface area contributed by atoms with Crippen molar-refractivity contribution in [2.24, 2.45) is 0 Å². The molecular weight excluding hydrogens is 350 g/mol. The van der Waals surface area contributed by atoms with Crippen LogP contribution in [0.2, 0.25) is 0 Å². The number of carbonyl (C=O) groups excluding carboxylic acids is 1. The molecule has 5 nitrogen and oxygen atoms in total. The fourth-order valence-corrected chi connectivity index (χ4v) is 2.87. The molecule has 0 aliphatic heterocycles. The summed E-state index contributed by atoms with van der Waals surface area (Å²) >= 11 is 0. The summed E-state index contributed by atoms with van der Waals surface area (Å²) in [4.78, 5) is 12.3. The maximum absolute atomic E-state index is 12.3. The van der Waals surface area contributed by atoms with Gasteiger partial charge in [0.2, 0.25) is 5.91 Å². The van der Waals surface area contributed by atoms with Gasteiger partial charge in [-0.25, -0.2) is 0 Å². The van der Waals surface area contributed by atoms with Gasteiger partial charge >= 0.3 is 0 Å². The Kier molecular flexibility index (Phi) is 6.27. The van der Waals surface area contributed by atoms with E-state index >= 15 is 0 Å². The van der Waals surface area contributed by atoms with E-state index in [1.54, 1.807) is 10.7 Å². The number of hydrogen-bond donors (Lipinski definition) is 1. The predicted octanol–water partition coefficient (Wildman–Crippen LogP) is 4.76. The van der Waals surface area contributed by atoms with Crippen molar-refractivity contribution in [3.8, 4) is 5.75 Å². The van der Waals surface area contributed by atoms with Crippen LogP contribution in [-0.2, 0) is 17.8 Å². The lowest BCUT2D eigenvalue weighted by atomic mass is 10.0. The fourth-order valence-electron chi connectivity index (χ4n) is 2.87. The number of benzene rings is 2. The van der Waals surface area contributed by atoms with Gasteiger partial charge in [-0.2, -0.15) is 5.10 Å². The molecule has 3 aromatic rings. The maximum Gasteiger partial charge on any atom is 0.229 e. The van der Waals surface area contributed by atoms with Crippen LogP contribution in [0, 0.1) is 0 Å². The molecule has 0 atom stereocenters. The molecule has 2 aromatic carbocycles. The SMILES string of the molecule is C=COc1ccc(Cn2ccc(NC(=O)Cc3ccc(C(C)C)cc3)n2)cc1. The second-order valence-corrected chi connectivity index (χ2v) is 6.95. The van der Waals surface area contributed by atoms with Crippen LogP contribution in [0.25, 0.3) is 0 Å². The zero-order valence-corrected chi connectivity index (χ0v) is 16.3. The first kappa shape index (κ1) is 19.4. The molecule has 28 heavy (non-hydrogen) atoms. The van der Waals surface area contributed by atoms with Crippen LogP contribution in [0.1, 0.15) is 36.5 Å². The van der Waals surface area contributed by atoms with Crippen LogP contribution in [0.5, 0.6) is 5.75 Å². The van der Waals surface area contributed by atoms with Gasteiger partial charge in [-0.1, -0.05) is 56.8 Å². The molecule has 1 N–H and O–H groups in total. The summed E-state index contributed by atoms with van der Waals surface area (Å²) in [6.07, 6.45) is 3.58. The monoisotopic (exact) mass is 375 g/mol. The predicted molar refractivity (Wildman–Crippen MR) is 111 cm³/mol. The summed E-state index contributed by atoms with van der Waals surface area (Å²) < 4.78 is 7.01. The minimum atomic E-state index is -0.0755. The van der Waals surface area contributed by atoms with Gasteiger partial charge in [0, 0.05) is 12.3 Å². The van der Waals surface area contributed by atoms with E-state index in [0.29, 0.717) is 24.7 Å². The van der Waals surface area contributed by atoms with Crippen LogP contribution in [0.3, 0.4) is 0 Å². The average Bonchev–Trinajstić information content (AvgIpc) is 3.10. The summed E-state index contributed by atoms with van der Waals surface area (Å²) in [5.74, 6) is 1.70. The number of ether oxygens (including phenoxy) is 1. The third-order valence-electron chi connectivity index (χ3n) is 4.41. The van der Waals surface area contributed by atoms with E-state index in [0.717, 1.165) is 16.9 Å². The second-order valence-electron chi connectivity index (χ2n) is 6.95. The first-order valence-electron chi connectivity index (χ1n) is 9.32. The zero-order valence-electron chi connectivity index (χ0n) is 16.3. The van der Waals surface area contributed by atoms with Crippen molar-refractivity contribution in [1.29, 1.82) is 0 Å². The zero-order chi connectivity index (χ0) is 19.9. The first-order chi connectivity index (χ1) is 13.5. The van der Waals surface area contributed by atoms with Gasteiger partial charge in [0.25, 0.3) is 0 Å². The summed E-state index contributed by atoms with van der Waals surface area (Å²) in [7, 11) is 0. The maximum atomic E-state index is 12.3. The van der Waals surface area contributed by atoms with Gasteiger partial charge in [0.05, 0.1) is 19.2 Å². The molecule has 3 rings (SSSR count). The lowest BCUT2D eigenvalue weighted by Crippen LogP contribution is -2.15. The van der Waals surface area contributed by atoms with E-state index in [2.05, 4.69) is 43.0 Å². The van der Waals surface area contributed by atoms with Crippen molar-refractivity contribution in [3.63, 3.8) is 0 Å². The van der Waals surface area contributed by atoms with Crippen LogP contribution >= 0.6 is 0 Å². The lowest BCUT2D eigenvalue weighted by Gasteiger charge is -2.07. The van der Waals surface area contributed by atoms with Crippen LogP contribution in [0.15, 0.2) is 73.6 Å². The van der Waals surface area contributed by atoms with Crippen molar-refractivity contribution in [1.82, 2.24) is 9.78 Å². The quantitative estimate of drug-likeness (QED) is 0.578. The van der Waals surface area contributed by atoms with Crippen molar-refractivity contribution in [2.75, 3.05) is 5.32 Å². The molecule has 0 spiro atoms. The molecule has 1 heterocycles.